The van der Waals surface area contributed by atoms with Gasteiger partial charge in [0.2, 0.25) is 0 Å². The van der Waals surface area contributed by atoms with Gasteiger partial charge in [-0.3, -0.25) is 4.79 Å². The summed E-state index contributed by atoms with van der Waals surface area (Å²) in [6.07, 6.45) is 14.8. The van der Waals surface area contributed by atoms with Crippen LogP contribution in [0, 0.1) is 11.8 Å². The van der Waals surface area contributed by atoms with Crippen LogP contribution in [0.5, 0.6) is 0 Å². The number of aliphatic carboxylic acids is 1. The summed E-state index contributed by atoms with van der Waals surface area (Å²) in [6.45, 7) is 10.2. The summed E-state index contributed by atoms with van der Waals surface area (Å²) in [4.78, 5) is 11.4. The molecule has 22 heavy (non-hydrogen) atoms. The number of hydrogen-bond acceptors (Lipinski definition) is 1. The topological polar surface area (TPSA) is 37.3 Å². The highest BCUT2D eigenvalue weighted by atomic mass is 16.4. The third kappa shape index (κ3) is 12.7. The van der Waals surface area contributed by atoms with Crippen molar-refractivity contribution in [2.45, 2.75) is 85.0 Å². The Bertz CT molecular complexity index is 327. The van der Waals surface area contributed by atoms with Gasteiger partial charge in [0.05, 0.1) is 5.92 Å². The fourth-order valence-electron chi connectivity index (χ4n) is 2.71. The van der Waals surface area contributed by atoms with Crippen molar-refractivity contribution in [2.75, 3.05) is 0 Å². The second-order valence-corrected chi connectivity index (χ2v) is 6.86. The number of carbonyl (C=O) groups is 1. The molecule has 0 bridgehead atoms. The lowest BCUT2D eigenvalue weighted by Gasteiger charge is -2.15. The predicted octanol–water partition coefficient (Wildman–Crippen LogP) is 6.38. The summed E-state index contributed by atoms with van der Waals surface area (Å²) in [5, 5.41) is 9.35. The molecule has 2 heteroatoms. The molecule has 2 nitrogen and oxygen atoms in total. The van der Waals surface area contributed by atoms with Gasteiger partial charge in [0, 0.05) is 0 Å². The molecule has 0 heterocycles. The molecule has 0 aromatic rings. The molecule has 0 spiro atoms. The van der Waals surface area contributed by atoms with Crippen molar-refractivity contribution in [3.05, 3.63) is 24.3 Å². The number of carboxylic acids is 1. The summed E-state index contributed by atoms with van der Waals surface area (Å²) in [5.41, 5.74) is 1.37. The van der Waals surface area contributed by atoms with Gasteiger partial charge in [-0.15, -0.1) is 6.58 Å². The minimum atomic E-state index is -0.609. The van der Waals surface area contributed by atoms with E-state index in [4.69, 9.17) is 0 Å². The van der Waals surface area contributed by atoms with Crippen LogP contribution in [0.25, 0.3) is 0 Å². The number of carboxylic acid groups (broad SMARTS) is 1. The van der Waals surface area contributed by atoms with Crippen molar-refractivity contribution in [1.29, 1.82) is 0 Å². The Balaban J connectivity index is 3.86. The lowest BCUT2D eigenvalue weighted by atomic mass is 9.90. The first-order valence-electron chi connectivity index (χ1n) is 8.94. The van der Waals surface area contributed by atoms with E-state index in [-0.39, 0.29) is 5.92 Å². The largest absolute Gasteiger partial charge is 0.481 e. The SMILES string of the molecule is C=CCCCCCCC(CCC(C)CCC=C(C)C)C(=O)O. The molecule has 0 amide bonds. The van der Waals surface area contributed by atoms with Crippen LogP contribution in [0.4, 0.5) is 0 Å². The first kappa shape index (κ1) is 20.9. The fourth-order valence-corrected chi connectivity index (χ4v) is 2.71. The van der Waals surface area contributed by atoms with Gasteiger partial charge in [-0.25, -0.2) is 0 Å². The molecular formula is C20H36O2. The lowest BCUT2D eigenvalue weighted by Crippen LogP contribution is -2.15. The van der Waals surface area contributed by atoms with Crippen LogP contribution >= 0.6 is 0 Å². The van der Waals surface area contributed by atoms with Gasteiger partial charge in [-0.2, -0.15) is 0 Å². The fraction of sp³-hybridized carbons (Fsp3) is 0.750. The Morgan fingerprint density at radius 2 is 1.68 bits per heavy atom. The number of rotatable bonds is 14. The molecule has 0 aliphatic carbocycles. The van der Waals surface area contributed by atoms with Gasteiger partial charge in [-0.05, 0) is 64.7 Å². The summed E-state index contributed by atoms with van der Waals surface area (Å²) < 4.78 is 0. The first-order chi connectivity index (χ1) is 10.5. The summed E-state index contributed by atoms with van der Waals surface area (Å²) >= 11 is 0. The van der Waals surface area contributed by atoms with Crippen molar-refractivity contribution in [2.24, 2.45) is 11.8 Å². The van der Waals surface area contributed by atoms with Gasteiger partial charge in [0.1, 0.15) is 0 Å². The molecule has 0 rings (SSSR count). The maximum Gasteiger partial charge on any atom is 0.306 e. The highest BCUT2D eigenvalue weighted by Crippen LogP contribution is 2.22. The lowest BCUT2D eigenvalue weighted by molar-refractivity contribution is -0.142. The monoisotopic (exact) mass is 308 g/mol. The van der Waals surface area contributed by atoms with E-state index in [0.29, 0.717) is 5.92 Å². The summed E-state index contributed by atoms with van der Waals surface area (Å²) in [6, 6.07) is 0. The van der Waals surface area contributed by atoms with E-state index in [1.54, 1.807) is 0 Å². The molecule has 1 N–H and O–H groups in total. The highest BCUT2D eigenvalue weighted by Gasteiger charge is 2.17. The van der Waals surface area contributed by atoms with E-state index in [0.717, 1.165) is 44.9 Å². The van der Waals surface area contributed by atoms with E-state index < -0.39 is 5.97 Å². The van der Waals surface area contributed by atoms with Crippen LogP contribution in [0.15, 0.2) is 24.3 Å². The molecule has 0 aliphatic rings. The van der Waals surface area contributed by atoms with Crippen LogP contribution in [-0.4, -0.2) is 11.1 Å². The standard InChI is InChI=1S/C20H36O2/c1-5-6-7-8-9-10-14-19(20(21)22)16-15-18(4)13-11-12-17(2)3/h5,12,18-19H,1,6-11,13-16H2,2-4H3,(H,21,22). The molecule has 0 radical (unpaired) electrons. The third-order valence-electron chi connectivity index (χ3n) is 4.28. The van der Waals surface area contributed by atoms with E-state index >= 15 is 0 Å². The van der Waals surface area contributed by atoms with Crippen molar-refractivity contribution < 1.29 is 9.90 Å². The maximum absolute atomic E-state index is 11.4. The average Bonchev–Trinajstić information content (AvgIpc) is 2.44. The Kier molecular flexibility index (Phi) is 13.0. The number of hydrogen-bond donors (Lipinski definition) is 1. The van der Waals surface area contributed by atoms with Crippen LogP contribution in [-0.2, 0) is 4.79 Å². The Morgan fingerprint density at radius 1 is 1.00 bits per heavy atom. The molecule has 2 atom stereocenters. The molecule has 2 unspecified atom stereocenters. The van der Waals surface area contributed by atoms with Crippen LogP contribution in [0.3, 0.4) is 0 Å². The van der Waals surface area contributed by atoms with Gasteiger partial charge >= 0.3 is 5.97 Å². The molecule has 0 fully saturated rings. The maximum atomic E-state index is 11.4. The molecule has 0 aromatic heterocycles. The van der Waals surface area contributed by atoms with Crippen LogP contribution in [0.2, 0.25) is 0 Å². The minimum absolute atomic E-state index is 0.148. The molecule has 0 aliphatic heterocycles. The van der Waals surface area contributed by atoms with E-state index in [9.17, 15) is 9.90 Å². The van der Waals surface area contributed by atoms with Crippen molar-refractivity contribution in [1.82, 2.24) is 0 Å². The van der Waals surface area contributed by atoms with Crippen molar-refractivity contribution in [3.63, 3.8) is 0 Å². The van der Waals surface area contributed by atoms with E-state index in [2.05, 4.69) is 33.4 Å². The second-order valence-electron chi connectivity index (χ2n) is 6.86. The van der Waals surface area contributed by atoms with Gasteiger partial charge in [-0.1, -0.05) is 43.9 Å². The Morgan fingerprint density at radius 3 is 2.27 bits per heavy atom. The summed E-state index contributed by atoms with van der Waals surface area (Å²) in [7, 11) is 0. The number of allylic oxidation sites excluding steroid dienone is 3. The minimum Gasteiger partial charge on any atom is -0.481 e. The molecule has 128 valence electrons. The normalized spacial score (nSPS) is 13.4. The Hall–Kier alpha value is -1.05. The third-order valence-corrected chi connectivity index (χ3v) is 4.28. The highest BCUT2D eigenvalue weighted by molar-refractivity contribution is 5.69. The van der Waals surface area contributed by atoms with Crippen molar-refractivity contribution >= 4 is 5.97 Å². The zero-order valence-corrected chi connectivity index (χ0v) is 14.9. The van der Waals surface area contributed by atoms with Crippen LogP contribution in [0.1, 0.15) is 85.0 Å². The Labute approximate surface area is 137 Å². The molecule has 0 aromatic carbocycles. The zero-order valence-electron chi connectivity index (χ0n) is 14.9. The second kappa shape index (κ2) is 13.6. The average molecular weight is 309 g/mol. The van der Waals surface area contributed by atoms with Gasteiger partial charge in [0.25, 0.3) is 0 Å². The molecular weight excluding hydrogens is 272 g/mol. The van der Waals surface area contributed by atoms with Crippen LogP contribution < -0.4 is 0 Å². The van der Waals surface area contributed by atoms with E-state index in [1.807, 2.05) is 6.08 Å². The zero-order chi connectivity index (χ0) is 16.8. The predicted molar refractivity (Wildman–Crippen MR) is 96.1 cm³/mol. The van der Waals surface area contributed by atoms with E-state index in [1.165, 1.54) is 24.8 Å². The van der Waals surface area contributed by atoms with Gasteiger partial charge < -0.3 is 5.11 Å². The summed E-state index contributed by atoms with van der Waals surface area (Å²) in [5.74, 6) is -0.141. The quantitative estimate of drug-likeness (QED) is 0.299. The number of unbranched alkanes of at least 4 members (excludes halogenated alkanes) is 4. The molecule has 0 saturated carbocycles. The molecule has 0 saturated heterocycles. The van der Waals surface area contributed by atoms with Gasteiger partial charge in [0.15, 0.2) is 0 Å². The first-order valence-corrected chi connectivity index (χ1v) is 8.94. The van der Waals surface area contributed by atoms with Crippen molar-refractivity contribution in [3.8, 4) is 0 Å². The smallest absolute Gasteiger partial charge is 0.306 e.